The molecule has 1 N–H and O–H groups in total. The van der Waals surface area contributed by atoms with E-state index in [1.165, 1.54) is 12.1 Å². The molecule has 0 heterocycles. The normalized spacial score (nSPS) is 11.3. The summed E-state index contributed by atoms with van der Waals surface area (Å²) in [5, 5.41) is 19.2. The van der Waals surface area contributed by atoms with Gasteiger partial charge in [-0.25, -0.2) is 0 Å². The van der Waals surface area contributed by atoms with Crippen LogP contribution in [0.4, 0.5) is 5.69 Å². The topological polar surface area (TPSA) is 63.4 Å². The molecule has 0 spiro atoms. The van der Waals surface area contributed by atoms with Gasteiger partial charge in [-0.2, -0.15) is 0 Å². The van der Waals surface area contributed by atoms with E-state index in [1.54, 1.807) is 19.1 Å². The molecule has 0 aromatic heterocycles. The zero-order valence-corrected chi connectivity index (χ0v) is 8.30. The highest BCUT2D eigenvalue weighted by molar-refractivity contribution is 5.43. The van der Waals surface area contributed by atoms with Crippen LogP contribution in [0.1, 0.15) is 12.5 Å². The Morgan fingerprint density at radius 1 is 1.60 bits per heavy atom. The molecule has 0 bridgehead atoms. The van der Waals surface area contributed by atoms with Crippen molar-refractivity contribution in [3.05, 3.63) is 39.9 Å². The first-order valence-corrected chi connectivity index (χ1v) is 4.50. The summed E-state index contributed by atoms with van der Waals surface area (Å²) in [6.45, 7) is 1.77. The lowest BCUT2D eigenvalue weighted by Gasteiger charge is -1.95. The zero-order valence-electron chi connectivity index (χ0n) is 8.30. The number of nitro groups is 1. The summed E-state index contributed by atoms with van der Waals surface area (Å²) in [5.41, 5.74) is 0.614. The van der Waals surface area contributed by atoms with Crippen molar-refractivity contribution in [2.75, 3.05) is 6.61 Å². The van der Waals surface area contributed by atoms with Crippen LogP contribution < -0.4 is 0 Å². The number of rotatable bonds is 2. The molecule has 4 heteroatoms. The molecule has 0 aliphatic carbocycles. The van der Waals surface area contributed by atoms with E-state index in [-0.39, 0.29) is 18.2 Å². The van der Waals surface area contributed by atoms with Crippen molar-refractivity contribution >= 4 is 5.69 Å². The molecule has 0 amide bonds. The van der Waals surface area contributed by atoms with Gasteiger partial charge in [-0.3, -0.25) is 10.1 Å². The summed E-state index contributed by atoms with van der Waals surface area (Å²) in [7, 11) is 0. The molecule has 1 aromatic rings. The summed E-state index contributed by atoms with van der Waals surface area (Å²) in [4.78, 5) is 10.0. The van der Waals surface area contributed by atoms with E-state index in [2.05, 4.69) is 11.8 Å². The second-order valence-corrected chi connectivity index (χ2v) is 3.16. The first-order valence-electron chi connectivity index (χ1n) is 4.50. The van der Waals surface area contributed by atoms with Gasteiger partial charge in [0.25, 0.3) is 5.69 Å². The fraction of sp³-hybridized carbons (Fsp3) is 0.273. The minimum Gasteiger partial charge on any atom is -0.395 e. The van der Waals surface area contributed by atoms with Crippen molar-refractivity contribution < 1.29 is 10.0 Å². The fourth-order valence-electron chi connectivity index (χ4n) is 0.949. The number of nitrogens with zero attached hydrogens (tertiary/aromatic N) is 1. The third-order valence-corrected chi connectivity index (χ3v) is 1.79. The fourth-order valence-corrected chi connectivity index (χ4v) is 0.949. The van der Waals surface area contributed by atoms with Gasteiger partial charge in [0.2, 0.25) is 0 Å². The molecule has 4 nitrogen and oxygen atoms in total. The van der Waals surface area contributed by atoms with Gasteiger partial charge in [0.05, 0.1) is 11.5 Å². The molecule has 15 heavy (non-hydrogen) atoms. The quantitative estimate of drug-likeness (QED) is 0.453. The number of benzene rings is 1. The summed E-state index contributed by atoms with van der Waals surface area (Å²) in [6, 6.07) is 6.12. The highest BCUT2D eigenvalue weighted by Gasteiger charge is 2.03. The minimum absolute atomic E-state index is 0.0120. The van der Waals surface area contributed by atoms with E-state index in [1.807, 2.05) is 0 Å². The maximum atomic E-state index is 10.5. The van der Waals surface area contributed by atoms with E-state index < -0.39 is 4.92 Å². The van der Waals surface area contributed by atoms with E-state index in [0.29, 0.717) is 5.56 Å². The maximum Gasteiger partial charge on any atom is 0.270 e. The third kappa shape index (κ3) is 3.41. The molecule has 0 aliphatic rings. The second-order valence-electron chi connectivity index (χ2n) is 3.16. The highest BCUT2D eigenvalue weighted by Crippen LogP contribution is 2.12. The smallest absolute Gasteiger partial charge is 0.270 e. The molecule has 0 aliphatic heterocycles. The van der Waals surface area contributed by atoms with E-state index >= 15 is 0 Å². The molecule has 0 saturated heterocycles. The Labute approximate surface area is 87.7 Å². The lowest BCUT2D eigenvalue weighted by molar-refractivity contribution is -0.384. The molecule has 1 atom stereocenters. The number of hydrogen-bond donors (Lipinski definition) is 1. The van der Waals surface area contributed by atoms with Gasteiger partial charge >= 0.3 is 0 Å². The van der Waals surface area contributed by atoms with Gasteiger partial charge in [-0.15, -0.1) is 0 Å². The summed E-state index contributed by atoms with van der Waals surface area (Å²) >= 11 is 0. The average molecular weight is 205 g/mol. The van der Waals surface area contributed by atoms with Crippen molar-refractivity contribution in [1.82, 2.24) is 0 Å². The Morgan fingerprint density at radius 2 is 2.33 bits per heavy atom. The molecular formula is C11H11NO3. The predicted octanol–water partition coefficient (Wildman–Crippen LogP) is 1.57. The number of aliphatic hydroxyl groups excluding tert-OH is 1. The zero-order chi connectivity index (χ0) is 11.3. The summed E-state index contributed by atoms with van der Waals surface area (Å²) in [6.07, 6.45) is 0. The summed E-state index contributed by atoms with van der Waals surface area (Å²) in [5.74, 6) is 5.45. The van der Waals surface area contributed by atoms with Crippen LogP contribution in [0, 0.1) is 27.9 Å². The molecule has 78 valence electrons. The Bertz CT molecular complexity index is 417. The number of non-ortho nitro benzene ring substituents is 1. The Morgan fingerprint density at radius 3 is 2.93 bits per heavy atom. The van der Waals surface area contributed by atoms with Gasteiger partial charge < -0.3 is 5.11 Å². The first-order chi connectivity index (χ1) is 7.13. The van der Waals surface area contributed by atoms with Crippen LogP contribution in [0.5, 0.6) is 0 Å². The lowest BCUT2D eigenvalue weighted by atomic mass is 10.1. The monoisotopic (exact) mass is 205 g/mol. The molecule has 1 unspecified atom stereocenters. The van der Waals surface area contributed by atoms with Gasteiger partial charge in [-0.1, -0.05) is 17.9 Å². The lowest BCUT2D eigenvalue weighted by Crippen LogP contribution is -1.95. The maximum absolute atomic E-state index is 10.5. The molecule has 0 fully saturated rings. The average Bonchev–Trinajstić information content (AvgIpc) is 2.26. The van der Waals surface area contributed by atoms with Gasteiger partial charge in [0.15, 0.2) is 0 Å². The molecular weight excluding hydrogens is 194 g/mol. The van der Waals surface area contributed by atoms with Gasteiger partial charge in [-0.05, 0) is 13.0 Å². The van der Waals surface area contributed by atoms with Crippen molar-refractivity contribution in [2.45, 2.75) is 6.92 Å². The molecule has 0 saturated carbocycles. The molecule has 0 radical (unpaired) electrons. The van der Waals surface area contributed by atoms with E-state index in [0.717, 1.165) is 0 Å². The number of aliphatic hydroxyl groups is 1. The van der Waals surface area contributed by atoms with Gasteiger partial charge in [0, 0.05) is 23.6 Å². The minimum atomic E-state index is -0.458. The highest BCUT2D eigenvalue weighted by atomic mass is 16.6. The van der Waals surface area contributed by atoms with Crippen LogP contribution in [0.2, 0.25) is 0 Å². The largest absolute Gasteiger partial charge is 0.395 e. The van der Waals surface area contributed by atoms with Crippen molar-refractivity contribution in [3.8, 4) is 11.8 Å². The van der Waals surface area contributed by atoms with Crippen molar-refractivity contribution in [1.29, 1.82) is 0 Å². The van der Waals surface area contributed by atoms with Crippen LogP contribution in [0.25, 0.3) is 0 Å². The van der Waals surface area contributed by atoms with E-state index in [4.69, 9.17) is 5.11 Å². The number of nitro benzene ring substituents is 1. The second kappa shape index (κ2) is 5.13. The van der Waals surface area contributed by atoms with E-state index in [9.17, 15) is 10.1 Å². The van der Waals surface area contributed by atoms with Crippen molar-refractivity contribution in [2.24, 2.45) is 5.92 Å². The first kappa shape index (κ1) is 11.2. The SMILES string of the molecule is CC(C#Cc1cccc([N+](=O)[O-])c1)CO. The van der Waals surface area contributed by atoms with Gasteiger partial charge in [0.1, 0.15) is 0 Å². The van der Waals surface area contributed by atoms with Crippen molar-refractivity contribution in [3.63, 3.8) is 0 Å². The standard InChI is InChI=1S/C11H11NO3/c1-9(8-13)5-6-10-3-2-4-11(7-10)12(14)15/h2-4,7,9,13H,8H2,1H3. The third-order valence-electron chi connectivity index (χ3n) is 1.79. The van der Waals surface area contributed by atoms with Crippen LogP contribution in [-0.2, 0) is 0 Å². The molecule has 1 aromatic carbocycles. The van der Waals surface area contributed by atoms with Crippen LogP contribution in [0.3, 0.4) is 0 Å². The Hall–Kier alpha value is -1.86. The molecule has 1 rings (SSSR count). The predicted molar refractivity (Wildman–Crippen MR) is 56.2 cm³/mol. The Balaban J connectivity index is 2.90. The van der Waals surface area contributed by atoms with Crippen LogP contribution >= 0.6 is 0 Å². The Kier molecular flexibility index (Phi) is 3.83. The summed E-state index contributed by atoms with van der Waals surface area (Å²) < 4.78 is 0. The number of hydrogen-bond acceptors (Lipinski definition) is 3. The van der Waals surface area contributed by atoms with Crippen LogP contribution in [0.15, 0.2) is 24.3 Å². The van der Waals surface area contributed by atoms with Crippen LogP contribution in [-0.4, -0.2) is 16.6 Å².